The number of ketones is 1. The highest BCUT2D eigenvalue weighted by Gasteiger charge is 2.33. The highest BCUT2D eigenvalue weighted by Crippen LogP contribution is 2.38. The highest BCUT2D eigenvalue weighted by molar-refractivity contribution is 7.22. The van der Waals surface area contributed by atoms with E-state index < -0.39 is 0 Å². The van der Waals surface area contributed by atoms with Gasteiger partial charge < -0.3 is 9.42 Å². The van der Waals surface area contributed by atoms with Gasteiger partial charge in [-0.05, 0) is 37.3 Å². The number of rotatable bonds is 6. The van der Waals surface area contributed by atoms with Crippen molar-refractivity contribution in [2.24, 2.45) is 0 Å². The molecular formula is C23H23N5O2S. The summed E-state index contributed by atoms with van der Waals surface area (Å²) in [6, 6.07) is 10.0. The Morgan fingerprint density at radius 3 is 2.84 bits per heavy atom. The molecular weight excluding hydrogens is 410 g/mol. The van der Waals surface area contributed by atoms with Crippen molar-refractivity contribution in [1.82, 2.24) is 20.1 Å². The molecule has 158 valence electrons. The Balaban J connectivity index is 1.42. The number of anilines is 1. The second-order valence-electron chi connectivity index (χ2n) is 7.91. The predicted molar refractivity (Wildman–Crippen MR) is 120 cm³/mol. The van der Waals surface area contributed by atoms with Crippen molar-refractivity contribution < 1.29 is 9.32 Å². The standard InChI is InChI=1S/C23H23N5O2S/c1-14-13-24-22-20(19(14)21-25-15(2)30-27-21)31-23(26-22)28-12-6-9-17(28)18(29)11-10-16-7-4-3-5-8-16/h3-5,7-8,13,17H,6,9-12H2,1-2H3/t17-/m1/s1. The van der Waals surface area contributed by atoms with E-state index >= 15 is 0 Å². The molecule has 0 saturated carbocycles. The van der Waals surface area contributed by atoms with Crippen molar-refractivity contribution in [3.05, 3.63) is 53.5 Å². The summed E-state index contributed by atoms with van der Waals surface area (Å²) in [6.45, 7) is 4.59. The van der Waals surface area contributed by atoms with Crippen molar-refractivity contribution in [3.8, 4) is 11.4 Å². The van der Waals surface area contributed by atoms with Crippen LogP contribution in [0.5, 0.6) is 0 Å². The first-order valence-corrected chi connectivity index (χ1v) is 11.3. The van der Waals surface area contributed by atoms with Gasteiger partial charge in [-0.15, -0.1) is 0 Å². The molecule has 1 fully saturated rings. The Morgan fingerprint density at radius 2 is 2.06 bits per heavy atom. The second kappa shape index (κ2) is 8.19. The Hall–Kier alpha value is -3.13. The third kappa shape index (κ3) is 3.83. The van der Waals surface area contributed by atoms with Crippen molar-refractivity contribution in [3.63, 3.8) is 0 Å². The fourth-order valence-electron chi connectivity index (χ4n) is 4.16. The molecule has 0 unspecified atom stereocenters. The molecule has 1 aromatic carbocycles. The zero-order chi connectivity index (χ0) is 21.4. The lowest BCUT2D eigenvalue weighted by atomic mass is 10.0. The van der Waals surface area contributed by atoms with Gasteiger partial charge in [0.1, 0.15) is 0 Å². The topological polar surface area (TPSA) is 85.0 Å². The number of carbonyl (C=O) groups is 1. The van der Waals surface area contributed by atoms with E-state index in [-0.39, 0.29) is 11.8 Å². The van der Waals surface area contributed by atoms with Crippen LogP contribution in [-0.2, 0) is 11.2 Å². The number of hydrogen-bond acceptors (Lipinski definition) is 8. The van der Waals surface area contributed by atoms with Gasteiger partial charge in [-0.2, -0.15) is 9.97 Å². The fourth-order valence-corrected chi connectivity index (χ4v) is 5.36. The number of hydrogen-bond donors (Lipinski definition) is 0. The summed E-state index contributed by atoms with van der Waals surface area (Å²) in [4.78, 5) is 28.9. The lowest BCUT2D eigenvalue weighted by Gasteiger charge is -2.22. The van der Waals surface area contributed by atoms with Crippen molar-refractivity contribution in [2.45, 2.75) is 45.6 Å². The van der Waals surface area contributed by atoms with E-state index in [1.165, 1.54) is 5.56 Å². The smallest absolute Gasteiger partial charge is 0.223 e. The minimum atomic E-state index is -0.124. The van der Waals surface area contributed by atoms with Gasteiger partial charge in [0.25, 0.3) is 0 Å². The Morgan fingerprint density at radius 1 is 1.23 bits per heavy atom. The summed E-state index contributed by atoms with van der Waals surface area (Å²) in [6.07, 6.45) is 4.96. The lowest BCUT2D eigenvalue weighted by molar-refractivity contribution is -0.120. The van der Waals surface area contributed by atoms with Gasteiger partial charge in [0, 0.05) is 31.6 Å². The highest BCUT2D eigenvalue weighted by atomic mass is 32.1. The number of carbonyl (C=O) groups excluding carboxylic acids is 1. The largest absolute Gasteiger partial charge is 0.339 e. The van der Waals surface area contributed by atoms with Gasteiger partial charge in [0.05, 0.1) is 10.7 Å². The number of nitrogens with zero attached hydrogens (tertiary/aromatic N) is 5. The molecule has 0 N–H and O–H groups in total. The maximum Gasteiger partial charge on any atom is 0.223 e. The number of thiazole rings is 1. The van der Waals surface area contributed by atoms with Crippen LogP contribution < -0.4 is 4.90 Å². The normalized spacial score (nSPS) is 16.3. The number of aryl methyl sites for hydroxylation is 3. The molecule has 4 aromatic rings. The van der Waals surface area contributed by atoms with Gasteiger partial charge in [0.15, 0.2) is 16.6 Å². The molecule has 5 rings (SSSR count). The van der Waals surface area contributed by atoms with E-state index in [0.717, 1.165) is 46.8 Å². The lowest BCUT2D eigenvalue weighted by Crippen LogP contribution is -2.36. The Labute approximate surface area is 184 Å². The van der Waals surface area contributed by atoms with Gasteiger partial charge in [-0.25, -0.2) is 4.98 Å². The molecule has 1 aliphatic rings. The molecule has 0 spiro atoms. The molecule has 0 radical (unpaired) electrons. The molecule has 1 atom stereocenters. The minimum Gasteiger partial charge on any atom is -0.339 e. The minimum absolute atomic E-state index is 0.124. The van der Waals surface area contributed by atoms with Crippen LogP contribution in [0, 0.1) is 13.8 Å². The summed E-state index contributed by atoms with van der Waals surface area (Å²) >= 11 is 1.55. The monoisotopic (exact) mass is 433 g/mol. The van der Waals surface area contributed by atoms with Gasteiger partial charge in [-0.1, -0.05) is 46.8 Å². The van der Waals surface area contributed by atoms with Crippen LogP contribution in [0.1, 0.15) is 36.3 Å². The summed E-state index contributed by atoms with van der Waals surface area (Å²) in [5.74, 6) is 1.35. The number of pyridine rings is 1. The van der Waals surface area contributed by atoms with Gasteiger partial charge in [-0.3, -0.25) is 4.79 Å². The third-order valence-corrected chi connectivity index (χ3v) is 6.82. The van der Waals surface area contributed by atoms with Crippen molar-refractivity contribution >= 4 is 32.6 Å². The molecule has 3 aromatic heterocycles. The zero-order valence-electron chi connectivity index (χ0n) is 17.5. The molecule has 8 heteroatoms. The maximum absolute atomic E-state index is 13.1. The number of benzene rings is 1. The summed E-state index contributed by atoms with van der Waals surface area (Å²) < 4.78 is 6.12. The first-order valence-electron chi connectivity index (χ1n) is 10.5. The van der Waals surface area contributed by atoms with Crippen LogP contribution in [0.25, 0.3) is 21.7 Å². The van der Waals surface area contributed by atoms with E-state index in [4.69, 9.17) is 9.51 Å². The van der Waals surface area contributed by atoms with Crippen LogP contribution >= 0.6 is 11.3 Å². The third-order valence-electron chi connectivity index (χ3n) is 5.72. The van der Waals surface area contributed by atoms with E-state index in [0.29, 0.717) is 23.8 Å². The van der Waals surface area contributed by atoms with Crippen LogP contribution in [0.15, 0.2) is 41.1 Å². The fraction of sp³-hybridized carbons (Fsp3) is 0.348. The molecule has 0 bridgehead atoms. The molecule has 31 heavy (non-hydrogen) atoms. The first-order chi connectivity index (χ1) is 15.1. The maximum atomic E-state index is 13.1. The Kier molecular flexibility index (Phi) is 5.23. The van der Waals surface area contributed by atoms with E-state index in [2.05, 4.69) is 32.2 Å². The van der Waals surface area contributed by atoms with Crippen LogP contribution in [0.3, 0.4) is 0 Å². The van der Waals surface area contributed by atoms with Crippen molar-refractivity contribution in [1.29, 1.82) is 0 Å². The van der Waals surface area contributed by atoms with Gasteiger partial charge in [0.2, 0.25) is 11.7 Å². The molecule has 1 saturated heterocycles. The van der Waals surface area contributed by atoms with E-state index in [9.17, 15) is 4.79 Å². The van der Waals surface area contributed by atoms with Crippen LogP contribution in [0.4, 0.5) is 5.13 Å². The Bertz CT molecular complexity index is 1230. The molecule has 1 aliphatic heterocycles. The molecule has 0 amide bonds. The first kappa shape index (κ1) is 19.8. The molecule has 7 nitrogen and oxygen atoms in total. The van der Waals surface area contributed by atoms with Crippen LogP contribution in [0.2, 0.25) is 0 Å². The quantitative estimate of drug-likeness (QED) is 0.442. The van der Waals surface area contributed by atoms with Crippen LogP contribution in [-0.4, -0.2) is 38.5 Å². The van der Waals surface area contributed by atoms with Crippen molar-refractivity contribution in [2.75, 3.05) is 11.4 Å². The predicted octanol–water partition coefficient (Wildman–Crippen LogP) is 4.53. The SMILES string of the molecule is Cc1nc(-c2c(C)cnc3nc(N4CCC[C@@H]4C(=O)CCc4ccccc4)sc23)no1. The van der Waals surface area contributed by atoms with E-state index in [1.807, 2.05) is 25.1 Å². The summed E-state index contributed by atoms with van der Waals surface area (Å²) in [7, 11) is 0. The molecule has 4 heterocycles. The van der Waals surface area contributed by atoms with E-state index in [1.54, 1.807) is 24.5 Å². The summed E-state index contributed by atoms with van der Waals surface area (Å²) in [5.41, 5.74) is 3.72. The zero-order valence-corrected chi connectivity index (χ0v) is 18.4. The summed E-state index contributed by atoms with van der Waals surface area (Å²) in [5, 5.41) is 4.94. The number of fused-ring (bicyclic) bond motifs is 1. The number of Topliss-reactive ketones (excluding diaryl/α,β-unsaturated/α-hetero) is 1. The second-order valence-corrected chi connectivity index (χ2v) is 8.88. The average Bonchev–Trinajstić information content (AvgIpc) is 3.51. The average molecular weight is 434 g/mol. The number of aromatic nitrogens is 4. The van der Waals surface area contributed by atoms with Gasteiger partial charge >= 0.3 is 0 Å². The molecule has 0 aliphatic carbocycles.